The standard InChI is InChI=1S/C21H17N5OS/c27-20(24-21-26-25-19(28-21)17-10-12-22-13-11-17)23-18-8-6-16(7-9-18)14-15-4-2-1-3-5-15/h1-13H,14H2,(H2,23,24,26,27). The zero-order valence-corrected chi connectivity index (χ0v) is 15.7. The fraction of sp³-hybridized carbons (Fsp3) is 0.0476. The van der Waals surface area contributed by atoms with Crippen molar-refractivity contribution in [1.82, 2.24) is 15.2 Å². The molecule has 2 amide bonds. The first-order valence-corrected chi connectivity index (χ1v) is 9.53. The van der Waals surface area contributed by atoms with Crippen molar-refractivity contribution < 1.29 is 4.79 Å². The Bertz CT molecular complexity index is 1050. The third kappa shape index (κ3) is 4.57. The van der Waals surface area contributed by atoms with Crippen LogP contribution in [0.1, 0.15) is 11.1 Å². The van der Waals surface area contributed by atoms with Crippen molar-refractivity contribution in [2.45, 2.75) is 6.42 Å². The van der Waals surface area contributed by atoms with Crippen molar-refractivity contribution in [2.75, 3.05) is 10.6 Å². The van der Waals surface area contributed by atoms with Gasteiger partial charge in [0.2, 0.25) is 5.13 Å². The van der Waals surface area contributed by atoms with Crippen molar-refractivity contribution in [3.63, 3.8) is 0 Å². The van der Waals surface area contributed by atoms with E-state index in [1.807, 2.05) is 54.6 Å². The van der Waals surface area contributed by atoms with E-state index in [2.05, 4.69) is 37.9 Å². The van der Waals surface area contributed by atoms with Gasteiger partial charge in [-0.25, -0.2) is 4.79 Å². The lowest BCUT2D eigenvalue weighted by molar-refractivity contribution is 0.262. The molecule has 0 aliphatic rings. The summed E-state index contributed by atoms with van der Waals surface area (Å²) in [6.45, 7) is 0. The molecule has 0 spiro atoms. The molecular formula is C21H17N5OS. The molecule has 2 aromatic carbocycles. The maximum atomic E-state index is 12.2. The number of hydrogen-bond donors (Lipinski definition) is 2. The summed E-state index contributed by atoms with van der Waals surface area (Å²) in [5.74, 6) is 0. The molecule has 138 valence electrons. The maximum absolute atomic E-state index is 12.2. The molecule has 0 aliphatic carbocycles. The molecule has 7 heteroatoms. The lowest BCUT2D eigenvalue weighted by atomic mass is 10.1. The molecule has 0 atom stereocenters. The van der Waals surface area contributed by atoms with Gasteiger partial charge in [0, 0.05) is 23.6 Å². The first-order chi connectivity index (χ1) is 13.8. The van der Waals surface area contributed by atoms with Gasteiger partial charge in [0.05, 0.1) is 0 Å². The second-order valence-corrected chi connectivity index (χ2v) is 7.06. The highest BCUT2D eigenvalue weighted by Crippen LogP contribution is 2.25. The molecule has 0 saturated heterocycles. The summed E-state index contributed by atoms with van der Waals surface area (Å²) in [6.07, 6.45) is 4.24. The van der Waals surface area contributed by atoms with Gasteiger partial charge < -0.3 is 5.32 Å². The molecule has 4 aromatic rings. The summed E-state index contributed by atoms with van der Waals surface area (Å²) in [5, 5.41) is 14.8. The van der Waals surface area contributed by atoms with Gasteiger partial charge in [0.15, 0.2) is 0 Å². The maximum Gasteiger partial charge on any atom is 0.325 e. The van der Waals surface area contributed by atoms with Crippen LogP contribution in [-0.2, 0) is 6.42 Å². The zero-order chi connectivity index (χ0) is 19.2. The lowest BCUT2D eigenvalue weighted by Crippen LogP contribution is -2.19. The van der Waals surface area contributed by atoms with Crippen molar-refractivity contribution in [3.8, 4) is 10.6 Å². The number of nitrogens with zero attached hydrogens (tertiary/aromatic N) is 3. The summed E-state index contributed by atoms with van der Waals surface area (Å²) in [5.41, 5.74) is 4.06. The van der Waals surface area contributed by atoms with Gasteiger partial charge in [0.1, 0.15) is 5.01 Å². The lowest BCUT2D eigenvalue weighted by Gasteiger charge is -2.07. The highest BCUT2D eigenvalue weighted by Gasteiger charge is 2.09. The third-order valence-corrected chi connectivity index (χ3v) is 4.92. The molecule has 2 N–H and O–H groups in total. The Hall–Kier alpha value is -3.58. The van der Waals surface area contributed by atoms with Crippen LogP contribution < -0.4 is 10.6 Å². The Morgan fingerprint density at radius 3 is 2.29 bits per heavy atom. The number of benzene rings is 2. The van der Waals surface area contributed by atoms with Crippen molar-refractivity contribution in [2.24, 2.45) is 0 Å². The molecule has 0 bridgehead atoms. The van der Waals surface area contributed by atoms with Crippen LogP contribution in [0.5, 0.6) is 0 Å². The van der Waals surface area contributed by atoms with E-state index < -0.39 is 0 Å². The van der Waals surface area contributed by atoms with Gasteiger partial charge in [-0.2, -0.15) is 0 Å². The van der Waals surface area contributed by atoms with Gasteiger partial charge >= 0.3 is 6.03 Å². The normalized spacial score (nSPS) is 10.4. The van der Waals surface area contributed by atoms with E-state index in [4.69, 9.17) is 0 Å². The van der Waals surface area contributed by atoms with Crippen LogP contribution in [0, 0.1) is 0 Å². The van der Waals surface area contributed by atoms with Crippen molar-refractivity contribution >= 4 is 28.2 Å². The summed E-state index contributed by atoms with van der Waals surface area (Å²) < 4.78 is 0. The number of urea groups is 1. The highest BCUT2D eigenvalue weighted by molar-refractivity contribution is 7.18. The largest absolute Gasteiger partial charge is 0.325 e. The molecule has 2 aromatic heterocycles. The molecule has 0 unspecified atom stereocenters. The van der Waals surface area contributed by atoms with E-state index >= 15 is 0 Å². The monoisotopic (exact) mass is 387 g/mol. The minimum absolute atomic E-state index is 0.353. The van der Waals surface area contributed by atoms with Crippen molar-refractivity contribution in [3.05, 3.63) is 90.3 Å². The summed E-state index contributed by atoms with van der Waals surface area (Å²) in [7, 11) is 0. The first-order valence-electron chi connectivity index (χ1n) is 8.71. The van der Waals surface area contributed by atoms with Crippen LogP contribution in [-0.4, -0.2) is 21.2 Å². The number of anilines is 2. The molecule has 4 rings (SSSR count). The Morgan fingerprint density at radius 1 is 0.821 bits per heavy atom. The van der Waals surface area contributed by atoms with Crippen LogP contribution in [0.2, 0.25) is 0 Å². The van der Waals surface area contributed by atoms with Crippen molar-refractivity contribution in [1.29, 1.82) is 0 Å². The van der Waals surface area contributed by atoms with Crippen LogP contribution in [0.15, 0.2) is 79.1 Å². The van der Waals surface area contributed by atoms with Gasteiger partial charge in [-0.1, -0.05) is 53.8 Å². The van der Waals surface area contributed by atoms with Gasteiger partial charge in [-0.3, -0.25) is 10.3 Å². The Balaban J connectivity index is 1.34. The zero-order valence-electron chi connectivity index (χ0n) is 14.9. The fourth-order valence-corrected chi connectivity index (χ4v) is 3.43. The third-order valence-electron chi connectivity index (χ3n) is 4.04. The molecule has 6 nitrogen and oxygen atoms in total. The number of carbonyl (C=O) groups excluding carboxylic acids is 1. The molecule has 28 heavy (non-hydrogen) atoms. The van der Waals surface area contributed by atoms with Crippen LogP contribution in [0.3, 0.4) is 0 Å². The molecule has 0 fully saturated rings. The quantitative estimate of drug-likeness (QED) is 0.514. The first kappa shape index (κ1) is 17.8. The number of pyridine rings is 1. The Kier molecular flexibility index (Phi) is 5.35. The minimum atomic E-state index is -0.353. The predicted molar refractivity (Wildman–Crippen MR) is 111 cm³/mol. The SMILES string of the molecule is O=C(Nc1ccc(Cc2ccccc2)cc1)Nc1nnc(-c2ccncc2)s1. The number of nitrogens with one attached hydrogen (secondary N) is 2. The minimum Gasteiger partial charge on any atom is -0.308 e. The highest BCUT2D eigenvalue weighted by atomic mass is 32.1. The van der Waals surface area contributed by atoms with E-state index in [0.717, 1.165) is 17.0 Å². The van der Waals surface area contributed by atoms with E-state index in [-0.39, 0.29) is 6.03 Å². The number of carbonyl (C=O) groups is 1. The second-order valence-electron chi connectivity index (χ2n) is 6.09. The van der Waals surface area contributed by atoms with E-state index in [9.17, 15) is 4.79 Å². The van der Waals surface area contributed by atoms with Crippen LogP contribution in [0.4, 0.5) is 15.6 Å². The van der Waals surface area contributed by atoms with Gasteiger partial charge in [-0.05, 0) is 41.8 Å². The van der Waals surface area contributed by atoms with Gasteiger partial charge in [-0.15, -0.1) is 10.2 Å². The average molecular weight is 387 g/mol. The van der Waals surface area contributed by atoms with Crippen LogP contribution >= 0.6 is 11.3 Å². The number of hydrogen-bond acceptors (Lipinski definition) is 5. The van der Waals surface area contributed by atoms with E-state index in [0.29, 0.717) is 10.8 Å². The number of aromatic nitrogens is 3. The topological polar surface area (TPSA) is 79.8 Å². The predicted octanol–water partition coefficient (Wildman–Crippen LogP) is 4.83. The number of rotatable bonds is 5. The van der Waals surface area contributed by atoms with E-state index in [1.54, 1.807) is 12.4 Å². The Labute approximate surface area is 166 Å². The molecule has 0 radical (unpaired) electrons. The Morgan fingerprint density at radius 2 is 1.54 bits per heavy atom. The van der Waals surface area contributed by atoms with E-state index in [1.165, 1.54) is 22.5 Å². The van der Waals surface area contributed by atoms with Crippen LogP contribution in [0.25, 0.3) is 10.6 Å². The average Bonchev–Trinajstić information content (AvgIpc) is 3.19. The molecule has 2 heterocycles. The molecule has 0 aliphatic heterocycles. The van der Waals surface area contributed by atoms with Gasteiger partial charge in [0.25, 0.3) is 0 Å². The molecular weight excluding hydrogens is 370 g/mol. The summed E-state index contributed by atoms with van der Waals surface area (Å²) in [6, 6.07) is 21.4. The fourth-order valence-electron chi connectivity index (χ4n) is 2.68. The molecule has 0 saturated carbocycles. The number of amides is 2. The summed E-state index contributed by atoms with van der Waals surface area (Å²) in [4.78, 5) is 16.2. The second kappa shape index (κ2) is 8.41. The smallest absolute Gasteiger partial charge is 0.308 e. The summed E-state index contributed by atoms with van der Waals surface area (Å²) >= 11 is 1.31.